The van der Waals surface area contributed by atoms with Crippen molar-refractivity contribution in [3.05, 3.63) is 54.2 Å². The fourth-order valence-electron chi connectivity index (χ4n) is 4.09. The standard InChI is InChI=1S/C22H24FN5O2/c1-25-11-17(10-24)15-2-4-16(5-3-15)18-12-26-13-19(23)20(18)28-8-6-22(7-9-28)14-27-21(29)30-22/h2-5,10-13,24-25H,6-9,14H2,1H3,(H,27,29)/b17-11+,24-10?. The summed E-state index contributed by atoms with van der Waals surface area (Å²) in [5.74, 6) is -0.371. The van der Waals surface area contributed by atoms with Crippen molar-refractivity contribution in [2.75, 3.05) is 31.6 Å². The number of hydrogen-bond acceptors (Lipinski definition) is 6. The minimum atomic E-state index is -0.484. The third kappa shape index (κ3) is 3.72. The van der Waals surface area contributed by atoms with Crippen LogP contribution in [-0.4, -0.2) is 49.6 Å². The van der Waals surface area contributed by atoms with Crippen LogP contribution < -0.4 is 15.5 Å². The number of alkyl carbamates (subject to hydrolysis) is 1. The maximum Gasteiger partial charge on any atom is 0.407 e. The second-order valence-corrected chi connectivity index (χ2v) is 7.54. The van der Waals surface area contributed by atoms with Crippen LogP contribution >= 0.6 is 0 Å². The molecule has 2 aliphatic rings. The summed E-state index contributed by atoms with van der Waals surface area (Å²) in [6.07, 6.45) is 6.86. The summed E-state index contributed by atoms with van der Waals surface area (Å²) in [4.78, 5) is 17.5. The lowest BCUT2D eigenvalue weighted by Gasteiger charge is -2.39. The van der Waals surface area contributed by atoms with Crippen molar-refractivity contribution >= 4 is 23.6 Å². The lowest BCUT2D eigenvalue weighted by atomic mass is 9.90. The van der Waals surface area contributed by atoms with Crippen molar-refractivity contribution in [2.45, 2.75) is 18.4 Å². The molecule has 0 radical (unpaired) electrons. The van der Waals surface area contributed by atoms with Gasteiger partial charge in [0.15, 0.2) is 5.82 Å². The van der Waals surface area contributed by atoms with E-state index < -0.39 is 5.60 Å². The number of benzene rings is 1. The van der Waals surface area contributed by atoms with Crippen LogP contribution in [0.15, 0.2) is 42.9 Å². The average molecular weight is 409 g/mol. The number of halogens is 1. The molecule has 7 nitrogen and oxygen atoms in total. The quantitative estimate of drug-likeness (QED) is 0.660. The Balaban J connectivity index is 1.60. The summed E-state index contributed by atoms with van der Waals surface area (Å²) in [5, 5.41) is 13.2. The summed E-state index contributed by atoms with van der Waals surface area (Å²) in [7, 11) is 1.79. The molecule has 1 spiro atoms. The Hall–Kier alpha value is -3.42. The minimum Gasteiger partial charge on any atom is -0.441 e. The predicted molar refractivity (Wildman–Crippen MR) is 114 cm³/mol. The molecule has 4 rings (SSSR count). The number of pyridine rings is 1. The lowest BCUT2D eigenvalue weighted by molar-refractivity contribution is 0.0366. The van der Waals surface area contributed by atoms with Crippen molar-refractivity contribution in [2.24, 2.45) is 0 Å². The molecular formula is C22H24FN5O2. The van der Waals surface area contributed by atoms with Gasteiger partial charge in [-0.25, -0.2) is 9.18 Å². The number of hydrogen-bond donors (Lipinski definition) is 3. The Morgan fingerprint density at radius 3 is 2.63 bits per heavy atom. The number of ether oxygens (including phenoxy) is 1. The zero-order chi connectivity index (χ0) is 21.1. The van der Waals surface area contributed by atoms with Gasteiger partial charge in [0.1, 0.15) is 5.60 Å². The Morgan fingerprint density at radius 2 is 2.03 bits per heavy atom. The Labute approximate surface area is 174 Å². The van der Waals surface area contributed by atoms with E-state index >= 15 is 0 Å². The van der Waals surface area contributed by atoms with E-state index in [0.717, 1.165) is 16.7 Å². The molecular weight excluding hydrogens is 385 g/mol. The third-order valence-corrected chi connectivity index (χ3v) is 5.71. The first kappa shape index (κ1) is 19.9. The zero-order valence-corrected chi connectivity index (χ0v) is 16.7. The van der Waals surface area contributed by atoms with Crippen molar-refractivity contribution < 1.29 is 13.9 Å². The number of piperidine rings is 1. The predicted octanol–water partition coefficient (Wildman–Crippen LogP) is 3.18. The van der Waals surface area contributed by atoms with Crippen molar-refractivity contribution in [3.8, 4) is 11.1 Å². The molecule has 2 fully saturated rings. The average Bonchev–Trinajstić information content (AvgIpc) is 3.13. The molecule has 0 atom stereocenters. The Kier molecular flexibility index (Phi) is 5.39. The highest BCUT2D eigenvalue weighted by Gasteiger charge is 2.43. The van der Waals surface area contributed by atoms with E-state index in [-0.39, 0.29) is 11.9 Å². The Bertz CT molecular complexity index is 982. The monoisotopic (exact) mass is 409 g/mol. The topological polar surface area (TPSA) is 90.3 Å². The van der Waals surface area contributed by atoms with Crippen LogP contribution in [0.3, 0.4) is 0 Å². The van der Waals surface area contributed by atoms with Crippen LogP contribution in [0.25, 0.3) is 16.7 Å². The Morgan fingerprint density at radius 1 is 1.30 bits per heavy atom. The van der Waals surface area contributed by atoms with Crippen LogP contribution in [0.4, 0.5) is 14.9 Å². The van der Waals surface area contributed by atoms with Crippen LogP contribution in [0, 0.1) is 11.2 Å². The van der Waals surface area contributed by atoms with Gasteiger partial charge in [-0.3, -0.25) is 4.98 Å². The summed E-state index contributed by atoms with van der Waals surface area (Å²) in [5.41, 5.74) is 3.24. The fraction of sp³-hybridized carbons (Fsp3) is 0.318. The molecule has 1 aromatic heterocycles. The molecule has 2 aromatic rings. The number of carbonyl (C=O) groups is 1. The first-order valence-corrected chi connectivity index (χ1v) is 9.89. The molecule has 2 saturated heterocycles. The van der Waals surface area contributed by atoms with E-state index in [1.54, 1.807) is 19.4 Å². The molecule has 1 amide bonds. The lowest BCUT2D eigenvalue weighted by Crippen LogP contribution is -2.47. The summed E-state index contributed by atoms with van der Waals surface area (Å²) in [6.45, 7) is 1.68. The summed E-state index contributed by atoms with van der Waals surface area (Å²) in [6, 6.07) is 7.65. The van der Waals surface area contributed by atoms with Crippen molar-refractivity contribution in [1.82, 2.24) is 15.6 Å². The fourth-order valence-corrected chi connectivity index (χ4v) is 4.09. The number of allylic oxidation sites excluding steroid dienone is 1. The molecule has 156 valence electrons. The van der Waals surface area contributed by atoms with E-state index in [1.165, 1.54) is 12.4 Å². The zero-order valence-electron chi connectivity index (χ0n) is 16.7. The number of amides is 1. The summed E-state index contributed by atoms with van der Waals surface area (Å²) < 4.78 is 20.3. The van der Waals surface area contributed by atoms with Gasteiger partial charge in [0, 0.05) is 62.7 Å². The molecule has 30 heavy (non-hydrogen) atoms. The third-order valence-electron chi connectivity index (χ3n) is 5.71. The van der Waals surface area contributed by atoms with Gasteiger partial charge < -0.3 is 25.7 Å². The van der Waals surface area contributed by atoms with E-state index in [4.69, 9.17) is 10.1 Å². The normalized spacial score (nSPS) is 18.1. The van der Waals surface area contributed by atoms with Gasteiger partial charge in [-0.15, -0.1) is 0 Å². The maximum absolute atomic E-state index is 14.9. The molecule has 0 saturated carbocycles. The first-order valence-electron chi connectivity index (χ1n) is 9.89. The second-order valence-electron chi connectivity index (χ2n) is 7.54. The second kappa shape index (κ2) is 8.14. The molecule has 0 aliphatic carbocycles. The number of nitrogens with zero attached hydrogens (tertiary/aromatic N) is 2. The van der Waals surface area contributed by atoms with Crippen LogP contribution in [0.5, 0.6) is 0 Å². The van der Waals surface area contributed by atoms with E-state index in [2.05, 4.69) is 15.6 Å². The molecule has 0 bridgehead atoms. The highest BCUT2D eigenvalue weighted by molar-refractivity contribution is 6.08. The van der Waals surface area contributed by atoms with Gasteiger partial charge in [-0.1, -0.05) is 24.3 Å². The molecule has 8 heteroatoms. The summed E-state index contributed by atoms with van der Waals surface area (Å²) >= 11 is 0. The molecule has 3 heterocycles. The number of carbonyl (C=O) groups excluding carboxylic acids is 1. The molecule has 0 unspecified atom stereocenters. The largest absolute Gasteiger partial charge is 0.441 e. The number of anilines is 1. The number of rotatable bonds is 5. The molecule has 1 aromatic carbocycles. The highest BCUT2D eigenvalue weighted by Crippen LogP contribution is 2.37. The van der Waals surface area contributed by atoms with E-state index in [1.807, 2.05) is 29.2 Å². The maximum atomic E-state index is 14.9. The van der Waals surface area contributed by atoms with Crippen LogP contribution in [0.1, 0.15) is 18.4 Å². The van der Waals surface area contributed by atoms with Gasteiger partial charge in [-0.2, -0.15) is 0 Å². The van der Waals surface area contributed by atoms with E-state index in [9.17, 15) is 9.18 Å². The van der Waals surface area contributed by atoms with E-state index in [0.29, 0.717) is 43.7 Å². The van der Waals surface area contributed by atoms with Gasteiger partial charge in [0.05, 0.1) is 18.4 Å². The van der Waals surface area contributed by atoms with Crippen LogP contribution in [0.2, 0.25) is 0 Å². The number of aromatic nitrogens is 1. The van der Waals surface area contributed by atoms with Crippen molar-refractivity contribution in [3.63, 3.8) is 0 Å². The minimum absolute atomic E-state index is 0.371. The van der Waals surface area contributed by atoms with Gasteiger partial charge in [-0.05, 0) is 11.1 Å². The van der Waals surface area contributed by atoms with Gasteiger partial charge in [0.2, 0.25) is 0 Å². The van der Waals surface area contributed by atoms with Crippen molar-refractivity contribution in [1.29, 1.82) is 5.41 Å². The first-order chi connectivity index (χ1) is 14.5. The van der Waals surface area contributed by atoms with Gasteiger partial charge in [0.25, 0.3) is 0 Å². The molecule has 2 aliphatic heterocycles. The highest BCUT2D eigenvalue weighted by atomic mass is 19.1. The SMILES string of the molecule is CN/C=C(\C=N)c1ccc(-c2cncc(F)c2N2CCC3(CC2)CNC(=O)O3)cc1. The van der Waals surface area contributed by atoms with Gasteiger partial charge >= 0.3 is 6.09 Å². The number of nitrogens with one attached hydrogen (secondary N) is 3. The molecule has 3 N–H and O–H groups in total. The van der Waals surface area contributed by atoms with Crippen LogP contribution in [-0.2, 0) is 4.74 Å². The smallest absolute Gasteiger partial charge is 0.407 e.